The predicted molar refractivity (Wildman–Crippen MR) is 60.3 cm³/mol. The van der Waals surface area contributed by atoms with E-state index >= 15 is 0 Å². The van der Waals surface area contributed by atoms with Crippen LogP contribution in [0.5, 0.6) is 0 Å². The van der Waals surface area contributed by atoms with E-state index in [2.05, 4.69) is 9.58 Å². The van der Waals surface area contributed by atoms with Crippen molar-refractivity contribution in [2.24, 2.45) is 0 Å². The zero-order chi connectivity index (χ0) is 11.5. The van der Waals surface area contributed by atoms with E-state index in [1.807, 2.05) is 24.3 Å². The van der Waals surface area contributed by atoms with Gasteiger partial charge in [-0.2, -0.15) is 0 Å². The number of aryl methyl sites for hydroxylation is 1. The molecule has 0 bridgehead atoms. The van der Waals surface area contributed by atoms with Gasteiger partial charge in [-0.1, -0.05) is 24.3 Å². The molecule has 0 fully saturated rings. The lowest BCUT2D eigenvalue weighted by Gasteiger charge is -2.03. The zero-order valence-corrected chi connectivity index (χ0v) is 8.99. The fourth-order valence-corrected chi connectivity index (χ4v) is 2.01. The van der Waals surface area contributed by atoms with Crippen LogP contribution in [0.2, 0.25) is 0 Å². The molecule has 0 saturated heterocycles. The number of benzene rings is 1. The summed E-state index contributed by atoms with van der Waals surface area (Å²) in [6.45, 7) is 7.07. The van der Waals surface area contributed by atoms with Crippen molar-refractivity contribution in [1.29, 1.82) is 0 Å². The van der Waals surface area contributed by atoms with Crippen LogP contribution in [0.3, 0.4) is 0 Å². The molecule has 0 aliphatic heterocycles. The molecule has 0 heterocycles. The Morgan fingerprint density at radius 3 is 2.81 bits per heavy atom. The Morgan fingerprint density at radius 2 is 2.12 bits per heavy atom. The summed E-state index contributed by atoms with van der Waals surface area (Å²) in [5.74, 6) is -0.540. The molecule has 3 heteroatoms. The van der Waals surface area contributed by atoms with E-state index in [0.29, 0.717) is 0 Å². The van der Waals surface area contributed by atoms with Crippen molar-refractivity contribution in [3.8, 4) is 0 Å². The van der Waals surface area contributed by atoms with Gasteiger partial charge in [0.2, 0.25) is 0 Å². The van der Waals surface area contributed by atoms with Crippen molar-refractivity contribution in [2.75, 3.05) is 7.11 Å². The van der Waals surface area contributed by atoms with E-state index in [0.717, 1.165) is 24.0 Å². The molecule has 1 aliphatic rings. The quantitative estimate of drug-likeness (QED) is 0.407. The molecule has 2 rings (SSSR count). The number of esters is 1. The minimum Gasteiger partial charge on any atom is -0.474 e. The second-order valence-electron chi connectivity index (χ2n) is 3.59. The third-order valence-corrected chi connectivity index (χ3v) is 2.76. The summed E-state index contributed by atoms with van der Waals surface area (Å²) in [5, 5.41) is 0. The third-order valence-electron chi connectivity index (χ3n) is 2.76. The second kappa shape index (κ2) is 4.19. The summed E-state index contributed by atoms with van der Waals surface area (Å²) in [7, 11) is 1.30. The number of carbonyl (C=O) groups is 1. The second-order valence-corrected chi connectivity index (χ2v) is 3.59. The average Bonchev–Trinajstić information content (AvgIpc) is 2.74. The normalized spacial score (nSPS) is 16.2. The SMILES string of the molecule is [C-]#[N+]C(C(=O)OC)=C1CCc2ccccc21. The first-order valence-electron chi connectivity index (χ1n) is 5.05. The molecule has 1 aromatic rings. The maximum atomic E-state index is 11.4. The lowest BCUT2D eigenvalue weighted by molar-refractivity contribution is -0.135. The molecule has 0 unspecified atom stereocenters. The third kappa shape index (κ3) is 1.59. The monoisotopic (exact) mass is 213 g/mol. The lowest BCUT2D eigenvalue weighted by Crippen LogP contribution is -2.03. The van der Waals surface area contributed by atoms with E-state index in [9.17, 15) is 4.79 Å². The highest BCUT2D eigenvalue weighted by molar-refractivity contribution is 6.00. The summed E-state index contributed by atoms with van der Waals surface area (Å²) in [6, 6.07) is 7.87. The first-order valence-corrected chi connectivity index (χ1v) is 5.05. The van der Waals surface area contributed by atoms with Gasteiger partial charge in [-0.05, 0) is 29.5 Å². The Kier molecular flexibility index (Phi) is 2.74. The van der Waals surface area contributed by atoms with Crippen LogP contribution in [0.4, 0.5) is 0 Å². The fraction of sp³-hybridized carbons (Fsp3) is 0.231. The van der Waals surface area contributed by atoms with E-state index in [-0.39, 0.29) is 5.70 Å². The Morgan fingerprint density at radius 1 is 1.38 bits per heavy atom. The van der Waals surface area contributed by atoms with Gasteiger partial charge in [-0.15, -0.1) is 0 Å². The van der Waals surface area contributed by atoms with Crippen LogP contribution in [0.1, 0.15) is 17.5 Å². The largest absolute Gasteiger partial charge is 0.474 e. The molecule has 0 atom stereocenters. The Hall–Kier alpha value is -2.08. The molecule has 0 aromatic heterocycles. The van der Waals surface area contributed by atoms with Crippen molar-refractivity contribution in [3.63, 3.8) is 0 Å². The molecule has 16 heavy (non-hydrogen) atoms. The van der Waals surface area contributed by atoms with Gasteiger partial charge in [-0.3, -0.25) is 4.79 Å². The van der Waals surface area contributed by atoms with Crippen molar-refractivity contribution in [1.82, 2.24) is 0 Å². The minimum atomic E-state index is -0.540. The van der Waals surface area contributed by atoms with Gasteiger partial charge in [0.05, 0.1) is 13.7 Å². The number of methoxy groups -OCH3 is 1. The van der Waals surface area contributed by atoms with Crippen molar-refractivity contribution >= 4 is 11.5 Å². The van der Waals surface area contributed by atoms with Crippen molar-refractivity contribution < 1.29 is 9.53 Å². The number of ether oxygens (including phenoxy) is 1. The predicted octanol–water partition coefficient (Wildman–Crippen LogP) is 2.44. The number of nitrogens with zero attached hydrogens (tertiary/aromatic N) is 1. The molecule has 0 N–H and O–H groups in total. The van der Waals surface area contributed by atoms with Crippen LogP contribution >= 0.6 is 0 Å². The fourth-order valence-electron chi connectivity index (χ4n) is 2.01. The summed E-state index contributed by atoms with van der Waals surface area (Å²) in [4.78, 5) is 14.7. The molecule has 0 spiro atoms. The standard InChI is InChI=1S/C13H11NO2/c1-14-12(13(15)16-2)11-8-7-9-5-3-4-6-10(9)11/h3-6H,7-8H2,2H3. The highest BCUT2D eigenvalue weighted by Crippen LogP contribution is 2.34. The Balaban J connectivity index is 2.55. The molecular formula is C13H11NO2. The molecular weight excluding hydrogens is 202 g/mol. The summed E-state index contributed by atoms with van der Waals surface area (Å²) < 4.78 is 4.62. The van der Waals surface area contributed by atoms with Gasteiger partial charge in [0.25, 0.3) is 5.70 Å². The first-order chi connectivity index (χ1) is 7.77. The molecule has 0 radical (unpaired) electrons. The number of hydrogen-bond acceptors (Lipinski definition) is 2. The topological polar surface area (TPSA) is 30.7 Å². The number of carbonyl (C=O) groups excluding carboxylic acids is 1. The molecule has 0 amide bonds. The lowest BCUT2D eigenvalue weighted by atomic mass is 10.1. The van der Waals surface area contributed by atoms with Crippen LogP contribution in [0.25, 0.3) is 10.4 Å². The van der Waals surface area contributed by atoms with E-state index in [1.165, 1.54) is 12.7 Å². The van der Waals surface area contributed by atoms with Crippen molar-refractivity contribution in [3.05, 3.63) is 52.5 Å². The van der Waals surface area contributed by atoms with Crippen LogP contribution in [0.15, 0.2) is 30.0 Å². The molecule has 1 aromatic carbocycles. The van der Waals surface area contributed by atoms with Crippen molar-refractivity contribution in [2.45, 2.75) is 12.8 Å². The Labute approximate surface area is 94.2 Å². The van der Waals surface area contributed by atoms with E-state index in [4.69, 9.17) is 6.57 Å². The van der Waals surface area contributed by atoms with Crippen LogP contribution in [-0.2, 0) is 16.0 Å². The number of rotatable bonds is 1. The van der Waals surface area contributed by atoms with Gasteiger partial charge >= 0.3 is 5.97 Å². The van der Waals surface area contributed by atoms with E-state index < -0.39 is 5.97 Å². The molecule has 3 nitrogen and oxygen atoms in total. The highest BCUT2D eigenvalue weighted by Gasteiger charge is 2.23. The zero-order valence-electron chi connectivity index (χ0n) is 8.99. The van der Waals surface area contributed by atoms with Gasteiger partial charge in [0.15, 0.2) is 0 Å². The van der Waals surface area contributed by atoms with E-state index in [1.54, 1.807) is 0 Å². The molecule has 80 valence electrons. The van der Waals surface area contributed by atoms with Gasteiger partial charge in [-0.25, -0.2) is 4.85 Å². The number of hydrogen-bond donors (Lipinski definition) is 0. The maximum absolute atomic E-state index is 11.4. The summed E-state index contributed by atoms with van der Waals surface area (Å²) in [5.41, 5.74) is 3.14. The van der Waals surface area contributed by atoms with Gasteiger partial charge in [0, 0.05) is 0 Å². The summed E-state index contributed by atoms with van der Waals surface area (Å²) in [6.07, 6.45) is 1.63. The summed E-state index contributed by atoms with van der Waals surface area (Å²) >= 11 is 0. The van der Waals surface area contributed by atoms with Crippen LogP contribution in [-0.4, -0.2) is 13.1 Å². The Bertz CT molecular complexity index is 509. The van der Waals surface area contributed by atoms with Crippen LogP contribution < -0.4 is 0 Å². The number of fused-ring (bicyclic) bond motifs is 1. The average molecular weight is 213 g/mol. The minimum absolute atomic E-state index is 0.118. The van der Waals surface area contributed by atoms with Crippen LogP contribution in [0, 0.1) is 6.57 Å². The van der Waals surface area contributed by atoms with Gasteiger partial charge < -0.3 is 4.74 Å². The first kappa shape index (κ1) is 10.4. The smallest absolute Gasteiger partial charge is 0.336 e. The molecule has 1 aliphatic carbocycles. The highest BCUT2D eigenvalue weighted by atomic mass is 16.5. The molecule has 0 saturated carbocycles. The maximum Gasteiger partial charge on any atom is 0.336 e. The van der Waals surface area contributed by atoms with Gasteiger partial charge in [0.1, 0.15) is 0 Å². The number of allylic oxidation sites excluding steroid dienone is 1.